The van der Waals surface area contributed by atoms with Crippen LogP contribution in [0.5, 0.6) is 0 Å². The molecule has 8 heteroatoms. The molecule has 1 amide bonds. The maximum Gasteiger partial charge on any atom is 0.261 e. The van der Waals surface area contributed by atoms with E-state index in [0.717, 1.165) is 0 Å². The van der Waals surface area contributed by atoms with Crippen LogP contribution in [-0.2, 0) is 10.0 Å². The van der Waals surface area contributed by atoms with Crippen LogP contribution in [-0.4, -0.2) is 14.3 Å². The van der Waals surface area contributed by atoms with Gasteiger partial charge >= 0.3 is 0 Å². The molecule has 0 atom stereocenters. The summed E-state index contributed by atoms with van der Waals surface area (Å²) >= 11 is 5.98. The third-order valence-electron chi connectivity index (χ3n) is 3.99. The molecule has 0 spiro atoms. The summed E-state index contributed by atoms with van der Waals surface area (Å²) in [5, 5.41) is 2.88. The molecule has 0 aliphatic heterocycles. The van der Waals surface area contributed by atoms with Crippen molar-refractivity contribution < 1.29 is 17.6 Å². The highest BCUT2D eigenvalue weighted by molar-refractivity contribution is 7.92. The predicted molar refractivity (Wildman–Crippen MR) is 108 cm³/mol. The first kappa shape index (κ1) is 19.9. The second-order valence-corrected chi connectivity index (χ2v) is 8.11. The average Bonchev–Trinajstić information content (AvgIpc) is 2.66. The Morgan fingerprint density at radius 3 is 2.32 bits per heavy atom. The van der Waals surface area contributed by atoms with Gasteiger partial charge < -0.3 is 5.32 Å². The SMILES string of the molecule is Cc1ccc(F)cc1NC(=O)c1ccc(S(=O)(=O)Nc2ccccc2Cl)cc1. The molecule has 3 rings (SSSR count). The van der Waals surface area contributed by atoms with Crippen molar-refractivity contribution in [3.8, 4) is 0 Å². The van der Waals surface area contributed by atoms with E-state index in [2.05, 4.69) is 10.0 Å². The normalized spacial score (nSPS) is 11.1. The number of benzene rings is 3. The standard InChI is InChI=1S/C20H16ClFN2O3S/c1-13-6-9-15(22)12-19(13)23-20(25)14-7-10-16(11-8-14)28(26,27)24-18-5-3-2-4-17(18)21/h2-12,24H,1H3,(H,23,25). The molecule has 0 radical (unpaired) electrons. The quantitative estimate of drug-likeness (QED) is 0.622. The minimum atomic E-state index is -3.87. The highest BCUT2D eigenvalue weighted by atomic mass is 35.5. The van der Waals surface area contributed by atoms with Crippen molar-refractivity contribution in [3.63, 3.8) is 0 Å². The Balaban J connectivity index is 1.78. The summed E-state index contributed by atoms with van der Waals surface area (Å²) in [5.41, 5.74) is 1.55. The third kappa shape index (κ3) is 4.49. The average molecular weight is 419 g/mol. The number of nitrogens with one attached hydrogen (secondary N) is 2. The van der Waals surface area contributed by atoms with Crippen LogP contribution in [0, 0.1) is 12.7 Å². The maximum absolute atomic E-state index is 13.4. The van der Waals surface area contributed by atoms with Crippen molar-refractivity contribution in [3.05, 3.63) is 88.7 Å². The minimum Gasteiger partial charge on any atom is -0.322 e. The zero-order chi connectivity index (χ0) is 20.3. The van der Waals surface area contributed by atoms with E-state index in [9.17, 15) is 17.6 Å². The molecule has 3 aromatic rings. The maximum atomic E-state index is 13.4. The van der Waals surface area contributed by atoms with Crippen LogP contribution >= 0.6 is 11.6 Å². The van der Waals surface area contributed by atoms with Gasteiger partial charge in [0.05, 0.1) is 15.6 Å². The molecule has 0 bridgehead atoms. The lowest BCUT2D eigenvalue weighted by Gasteiger charge is -2.11. The van der Waals surface area contributed by atoms with E-state index in [1.54, 1.807) is 37.3 Å². The summed E-state index contributed by atoms with van der Waals surface area (Å²) in [5.74, 6) is -0.940. The fourth-order valence-corrected chi connectivity index (χ4v) is 3.78. The number of rotatable bonds is 5. The van der Waals surface area contributed by atoms with Crippen LogP contribution in [0.25, 0.3) is 0 Å². The van der Waals surface area contributed by atoms with Gasteiger partial charge in [-0.15, -0.1) is 0 Å². The van der Waals surface area contributed by atoms with Crippen LogP contribution in [0.15, 0.2) is 71.6 Å². The molecule has 0 heterocycles. The van der Waals surface area contributed by atoms with Crippen LogP contribution in [0.3, 0.4) is 0 Å². The van der Waals surface area contributed by atoms with Gasteiger partial charge in [-0.2, -0.15) is 0 Å². The molecule has 5 nitrogen and oxygen atoms in total. The first-order valence-electron chi connectivity index (χ1n) is 8.21. The zero-order valence-electron chi connectivity index (χ0n) is 14.7. The van der Waals surface area contributed by atoms with Crippen LogP contribution < -0.4 is 10.0 Å². The Hall–Kier alpha value is -2.90. The smallest absolute Gasteiger partial charge is 0.261 e. The molecular formula is C20H16ClFN2O3S. The predicted octanol–water partition coefficient (Wildman–Crippen LogP) is 4.84. The molecule has 0 aromatic heterocycles. The monoisotopic (exact) mass is 418 g/mol. The lowest BCUT2D eigenvalue weighted by atomic mass is 10.1. The van der Waals surface area contributed by atoms with Gasteiger partial charge in [0.1, 0.15) is 5.82 Å². The van der Waals surface area contributed by atoms with Crippen LogP contribution in [0.4, 0.5) is 15.8 Å². The highest BCUT2D eigenvalue weighted by Gasteiger charge is 2.17. The lowest BCUT2D eigenvalue weighted by Crippen LogP contribution is -2.15. The fourth-order valence-electron chi connectivity index (χ4n) is 2.46. The van der Waals surface area contributed by atoms with E-state index in [-0.39, 0.29) is 21.2 Å². The number of carbonyl (C=O) groups is 1. The van der Waals surface area contributed by atoms with Crippen LogP contribution in [0.2, 0.25) is 5.02 Å². The Kier molecular flexibility index (Phi) is 5.67. The summed E-state index contributed by atoms with van der Waals surface area (Å²) in [4.78, 5) is 12.3. The van der Waals surface area contributed by atoms with Gasteiger partial charge in [-0.05, 0) is 61.0 Å². The number of hydrogen-bond donors (Lipinski definition) is 2. The highest BCUT2D eigenvalue weighted by Crippen LogP contribution is 2.24. The van der Waals surface area contributed by atoms with E-state index in [1.165, 1.54) is 36.4 Å². The molecule has 28 heavy (non-hydrogen) atoms. The second kappa shape index (κ2) is 8.00. The molecule has 0 saturated carbocycles. The lowest BCUT2D eigenvalue weighted by molar-refractivity contribution is 0.102. The summed E-state index contributed by atoms with van der Waals surface area (Å²) < 4.78 is 40.8. The van der Waals surface area contributed by atoms with Gasteiger partial charge in [-0.3, -0.25) is 9.52 Å². The number of para-hydroxylation sites is 1. The van der Waals surface area contributed by atoms with E-state index in [1.807, 2.05) is 0 Å². The molecule has 2 N–H and O–H groups in total. The Morgan fingerprint density at radius 2 is 1.64 bits per heavy atom. The molecule has 0 unspecified atom stereocenters. The number of anilines is 2. The number of sulfonamides is 1. The zero-order valence-corrected chi connectivity index (χ0v) is 16.3. The number of amides is 1. The van der Waals surface area contributed by atoms with Crippen molar-refractivity contribution in [2.24, 2.45) is 0 Å². The first-order chi connectivity index (χ1) is 13.3. The Labute approximate surface area is 167 Å². The number of carbonyl (C=O) groups excluding carboxylic acids is 1. The summed E-state index contributed by atoms with van der Waals surface area (Å²) in [6.45, 7) is 1.74. The van der Waals surface area contributed by atoms with E-state index in [0.29, 0.717) is 11.3 Å². The van der Waals surface area contributed by atoms with Gasteiger partial charge in [0, 0.05) is 11.3 Å². The molecular weight excluding hydrogens is 403 g/mol. The number of aryl methyl sites for hydroxylation is 1. The van der Waals surface area contributed by atoms with Crippen molar-refractivity contribution in [1.29, 1.82) is 0 Å². The largest absolute Gasteiger partial charge is 0.322 e. The Morgan fingerprint density at radius 1 is 0.964 bits per heavy atom. The van der Waals surface area contributed by atoms with E-state index in [4.69, 9.17) is 11.6 Å². The molecule has 144 valence electrons. The third-order valence-corrected chi connectivity index (χ3v) is 5.70. The first-order valence-corrected chi connectivity index (χ1v) is 10.1. The van der Waals surface area contributed by atoms with Crippen molar-refractivity contribution in [2.45, 2.75) is 11.8 Å². The molecule has 0 saturated heterocycles. The molecule has 0 fully saturated rings. The van der Waals surface area contributed by atoms with Gasteiger partial charge in [0.2, 0.25) is 0 Å². The second-order valence-electron chi connectivity index (χ2n) is 6.02. The number of halogens is 2. The van der Waals surface area contributed by atoms with Gasteiger partial charge in [-0.25, -0.2) is 12.8 Å². The van der Waals surface area contributed by atoms with Crippen molar-refractivity contribution in [2.75, 3.05) is 10.0 Å². The topological polar surface area (TPSA) is 75.3 Å². The minimum absolute atomic E-state index is 0.0223. The molecule has 0 aliphatic carbocycles. The fraction of sp³-hybridized carbons (Fsp3) is 0.0500. The summed E-state index contributed by atoms with van der Waals surface area (Å²) in [6.07, 6.45) is 0. The van der Waals surface area contributed by atoms with E-state index < -0.39 is 21.7 Å². The van der Waals surface area contributed by atoms with Crippen molar-refractivity contribution in [1.82, 2.24) is 0 Å². The van der Waals surface area contributed by atoms with Gasteiger partial charge in [-0.1, -0.05) is 29.8 Å². The van der Waals surface area contributed by atoms with E-state index >= 15 is 0 Å². The summed E-state index contributed by atoms with van der Waals surface area (Å²) in [6, 6.07) is 15.9. The van der Waals surface area contributed by atoms with Crippen LogP contribution in [0.1, 0.15) is 15.9 Å². The molecule has 3 aromatic carbocycles. The van der Waals surface area contributed by atoms with Gasteiger partial charge in [0.25, 0.3) is 15.9 Å². The molecule has 0 aliphatic rings. The number of hydrogen-bond acceptors (Lipinski definition) is 3. The van der Waals surface area contributed by atoms with Crippen molar-refractivity contribution >= 4 is 38.9 Å². The van der Waals surface area contributed by atoms with Gasteiger partial charge in [0.15, 0.2) is 0 Å². The summed E-state index contributed by atoms with van der Waals surface area (Å²) in [7, 11) is -3.87. The Bertz CT molecular complexity index is 1130.